The van der Waals surface area contributed by atoms with E-state index < -0.39 is 6.10 Å². The fourth-order valence-corrected chi connectivity index (χ4v) is 2.31. The first-order valence-corrected chi connectivity index (χ1v) is 6.53. The zero-order valence-electron chi connectivity index (χ0n) is 10.5. The third kappa shape index (κ3) is 2.46. The van der Waals surface area contributed by atoms with E-state index in [-0.39, 0.29) is 30.8 Å². The van der Waals surface area contributed by atoms with Gasteiger partial charge in [0.15, 0.2) is 0 Å². The molecule has 1 aromatic rings. The number of hydrogen-bond acceptors (Lipinski definition) is 3. The van der Waals surface area contributed by atoms with E-state index in [0.717, 1.165) is 12.8 Å². The highest BCUT2D eigenvalue weighted by molar-refractivity contribution is 6.05. The van der Waals surface area contributed by atoms with Crippen LogP contribution in [0.5, 0.6) is 0 Å². The normalized spacial score (nSPS) is 22.7. The molecule has 3 rings (SSSR count). The van der Waals surface area contributed by atoms with Crippen molar-refractivity contribution >= 4 is 17.5 Å². The second-order valence-electron chi connectivity index (χ2n) is 5.13. The summed E-state index contributed by atoms with van der Waals surface area (Å²) in [5.74, 6) is -0.286. The molecule has 19 heavy (non-hydrogen) atoms. The van der Waals surface area contributed by atoms with E-state index in [1.165, 1.54) is 4.90 Å². The summed E-state index contributed by atoms with van der Waals surface area (Å²) in [6.45, 7) is 0.257. The Bertz CT molecular complexity index is 525. The molecule has 0 spiro atoms. The smallest absolute Gasteiger partial charge is 0.253 e. The molecule has 5 nitrogen and oxygen atoms in total. The van der Waals surface area contributed by atoms with Gasteiger partial charge >= 0.3 is 0 Å². The van der Waals surface area contributed by atoms with Gasteiger partial charge in [-0.25, -0.2) is 0 Å². The minimum absolute atomic E-state index is 0.124. The van der Waals surface area contributed by atoms with Crippen LogP contribution in [-0.4, -0.2) is 35.6 Å². The van der Waals surface area contributed by atoms with Crippen LogP contribution in [0.25, 0.3) is 0 Å². The van der Waals surface area contributed by atoms with Crippen LogP contribution in [0.1, 0.15) is 29.6 Å². The highest BCUT2D eigenvalue weighted by Gasteiger charge is 2.32. The first-order valence-electron chi connectivity index (χ1n) is 6.53. The lowest BCUT2D eigenvalue weighted by Crippen LogP contribution is -2.31. The standard InChI is InChI=1S/C14H16N2O3/c17-10-7-13(18)16(8-10)12-4-2-1-3-11(12)14(19)15-9-5-6-9/h1-4,9-10,17H,5-8H2,(H,15,19). The molecule has 5 heteroatoms. The van der Waals surface area contributed by atoms with Crippen LogP contribution in [0.3, 0.4) is 0 Å². The Hall–Kier alpha value is -1.88. The maximum absolute atomic E-state index is 12.1. The van der Waals surface area contributed by atoms with Crippen molar-refractivity contribution < 1.29 is 14.7 Å². The number of aliphatic hydroxyl groups is 1. The fraction of sp³-hybridized carbons (Fsp3) is 0.429. The molecule has 1 atom stereocenters. The van der Waals surface area contributed by atoms with Crippen molar-refractivity contribution in [2.75, 3.05) is 11.4 Å². The lowest BCUT2D eigenvalue weighted by molar-refractivity contribution is -0.117. The molecule has 1 heterocycles. The molecule has 0 aromatic heterocycles. The molecule has 1 aliphatic carbocycles. The number of aliphatic hydroxyl groups excluding tert-OH is 1. The molecule has 1 saturated carbocycles. The number of nitrogens with one attached hydrogen (secondary N) is 1. The van der Waals surface area contributed by atoms with Crippen molar-refractivity contribution in [2.45, 2.75) is 31.4 Å². The van der Waals surface area contributed by atoms with Gasteiger partial charge in [0.25, 0.3) is 5.91 Å². The minimum atomic E-state index is -0.646. The SMILES string of the molecule is O=C(NC1CC1)c1ccccc1N1CC(O)CC1=O. The quantitative estimate of drug-likeness (QED) is 0.839. The van der Waals surface area contributed by atoms with Crippen molar-refractivity contribution in [1.29, 1.82) is 0 Å². The number of carbonyl (C=O) groups excluding carboxylic acids is 2. The third-order valence-electron chi connectivity index (χ3n) is 3.46. The molecule has 1 aliphatic heterocycles. The van der Waals surface area contributed by atoms with E-state index in [4.69, 9.17) is 0 Å². The number of rotatable bonds is 3. The van der Waals surface area contributed by atoms with Crippen LogP contribution >= 0.6 is 0 Å². The highest BCUT2D eigenvalue weighted by Crippen LogP contribution is 2.27. The molecule has 2 N–H and O–H groups in total. The molecule has 2 amide bonds. The number of anilines is 1. The summed E-state index contributed by atoms with van der Waals surface area (Å²) in [5, 5.41) is 12.5. The molecule has 0 radical (unpaired) electrons. The number of amides is 2. The number of benzene rings is 1. The maximum atomic E-state index is 12.1. The Morgan fingerprint density at radius 1 is 1.32 bits per heavy atom. The van der Waals surface area contributed by atoms with Crippen molar-refractivity contribution in [3.8, 4) is 0 Å². The zero-order chi connectivity index (χ0) is 13.4. The van der Waals surface area contributed by atoms with Gasteiger partial charge in [-0.05, 0) is 25.0 Å². The number of β-amino-alcohol motifs (C(OH)–C–C–N with tert-alkyl or cyclic N) is 1. The monoisotopic (exact) mass is 260 g/mol. The Morgan fingerprint density at radius 2 is 2.05 bits per heavy atom. The lowest BCUT2D eigenvalue weighted by Gasteiger charge is -2.19. The molecular formula is C14H16N2O3. The second kappa shape index (κ2) is 4.66. The van der Waals surface area contributed by atoms with Gasteiger partial charge in [-0.1, -0.05) is 12.1 Å². The number of hydrogen-bond donors (Lipinski definition) is 2. The van der Waals surface area contributed by atoms with Crippen molar-refractivity contribution in [1.82, 2.24) is 5.32 Å². The molecule has 1 unspecified atom stereocenters. The molecule has 0 bridgehead atoms. The molecule has 1 aromatic carbocycles. The average Bonchev–Trinajstić information content (AvgIpc) is 3.13. The summed E-state index contributed by atoms with van der Waals surface area (Å²) in [4.78, 5) is 25.5. The maximum Gasteiger partial charge on any atom is 0.253 e. The lowest BCUT2D eigenvalue weighted by atomic mass is 10.1. The van der Waals surface area contributed by atoms with Crippen LogP contribution in [0.2, 0.25) is 0 Å². The summed E-state index contributed by atoms with van der Waals surface area (Å²) in [6, 6.07) is 7.31. The van der Waals surface area contributed by atoms with Gasteiger partial charge in [0.2, 0.25) is 5.91 Å². The summed E-state index contributed by atoms with van der Waals surface area (Å²) in [5.41, 5.74) is 1.08. The topological polar surface area (TPSA) is 69.6 Å². The van der Waals surface area contributed by atoms with Gasteiger partial charge in [-0.2, -0.15) is 0 Å². The largest absolute Gasteiger partial charge is 0.391 e. The van der Waals surface area contributed by atoms with E-state index in [1.807, 2.05) is 0 Å². The molecule has 2 aliphatic rings. The summed E-state index contributed by atoms with van der Waals surface area (Å²) >= 11 is 0. The van der Waals surface area contributed by atoms with Gasteiger partial charge in [-0.15, -0.1) is 0 Å². The van der Waals surface area contributed by atoms with Crippen LogP contribution in [0, 0.1) is 0 Å². The van der Waals surface area contributed by atoms with Gasteiger partial charge in [0.1, 0.15) is 0 Å². The van der Waals surface area contributed by atoms with Crippen LogP contribution in [0.15, 0.2) is 24.3 Å². The molecule has 100 valence electrons. The van der Waals surface area contributed by atoms with Gasteiger partial charge in [0, 0.05) is 6.04 Å². The van der Waals surface area contributed by atoms with E-state index in [1.54, 1.807) is 24.3 Å². The van der Waals surface area contributed by atoms with Crippen molar-refractivity contribution in [3.63, 3.8) is 0 Å². The number of para-hydroxylation sites is 1. The van der Waals surface area contributed by atoms with Gasteiger partial charge < -0.3 is 15.3 Å². The van der Waals surface area contributed by atoms with E-state index in [9.17, 15) is 14.7 Å². The first kappa shape index (κ1) is 12.2. The molecular weight excluding hydrogens is 244 g/mol. The Kier molecular flexibility index (Phi) is 2.98. The van der Waals surface area contributed by atoms with Crippen molar-refractivity contribution in [2.24, 2.45) is 0 Å². The molecule has 1 saturated heterocycles. The predicted molar refractivity (Wildman–Crippen MR) is 69.9 cm³/mol. The Morgan fingerprint density at radius 3 is 2.68 bits per heavy atom. The predicted octanol–water partition coefficient (Wildman–Crippen LogP) is 0.676. The third-order valence-corrected chi connectivity index (χ3v) is 3.46. The number of nitrogens with zero attached hydrogens (tertiary/aromatic N) is 1. The minimum Gasteiger partial charge on any atom is -0.391 e. The highest BCUT2D eigenvalue weighted by atomic mass is 16.3. The van der Waals surface area contributed by atoms with Crippen molar-refractivity contribution in [3.05, 3.63) is 29.8 Å². The molecule has 2 fully saturated rings. The second-order valence-corrected chi connectivity index (χ2v) is 5.13. The Labute approximate surface area is 111 Å². The fourth-order valence-electron chi connectivity index (χ4n) is 2.31. The van der Waals surface area contributed by atoms with E-state index in [2.05, 4.69) is 5.32 Å². The van der Waals surface area contributed by atoms with Crippen LogP contribution < -0.4 is 10.2 Å². The number of carbonyl (C=O) groups is 2. The van der Waals surface area contributed by atoms with Crippen LogP contribution in [-0.2, 0) is 4.79 Å². The summed E-state index contributed by atoms with van der Waals surface area (Å²) < 4.78 is 0. The van der Waals surface area contributed by atoms with E-state index in [0.29, 0.717) is 11.3 Å². The Balaban J connectivity index is 1.88. The van der Waals surface area contributed by atoms with E-state index >= 15 is 0 Å². The van der Waals surface area contributed by atoms with Gasteiger partial charge in [-0.3, -0.25) is 9.59 Å². The summed E-state index contributed by atoms with van der Waals surface area (Å²) in [7, 11) is 0. The summed E-state index contributed by atoms with van der Waals surface area (Å²) in [6.07, 6.45) is 1.52. The average molecular weight is 260 g/mol. The van der Waals surface area contributed by atoms with Crippen LogP contribution in [0.4, 0.5) is 5.69 Å². The van der Waals surface area contributed by atoms with Gasteiger partial charge in [0.05, 0.1) is 30.3 Å². The first-order chi connectivity index (χ1) is 9.15. The zero-order valence-corrected chi connectivity index (χ0v) is 10.5.